The van der Waals surface area contributed by atoms with Crippen molar-refractivity contribution in [3.8, 4) is 5.75 Å². The molecule has 3 N–H and O–H groups in total. The Morgan fingerprint density at radius 3 is 2.42 bits per heavy atom. The highest BCUT2D eigenvalue weighted by Gasteiger charge is 2.30. The van der Waals surface area contributed by atoms with E-state index in [0.717, 1.165) is 16.5 Å². The number of aromatic nitrogens is 4. The van der Waals surface area contributed by atoms with E-state index in [2.05, 4.69) is 20.1 Å². The summed E-state index contributed by atoms with van der Waals surface area (Å²) in [5, 5.41) is 5.52. The molecule has 0 spiro atoms. The van der Waals surface area contributed by atoms with Crippen molar-refractivity contribution in [2.45, 2.75) is 9.79 Å². The third kappa shape index (κ3) is 3.38. The van der Waals surface area contributed by atoms with Crippen LogP contribution in [-0.4, -0.2) is 41.4 Å². The summed E-state index contributed by atoms with van der Waals surface area (Å²) in [5.74, 6) is 0.464. The van der Waals surface area contributed by atoms with Crippen molar-refractivity contribution in [1.82, 2.24) is 19.6 Å². The predicted octanol–water partition coefficient (Wildman–Crippen LogP) is 4.37. The van der Waals surface area contributed by atoms with Crippen LogP contribution in [0.4, 0.5) is 5.82 Å². The fourth-order valence-corrected chi connectivity index (χ4v) is 5.68. The van der Waals surface area contributed by atoms with Crippen molar-refractivity contribution in [2.24, 2.45) is 5.10 Å². The maximum atomic E-state index is 13.8. The molecule has 0 bridgehead atoms. The molecule has 6 aromatic rings. The fourth-order valence-electron chi connectivity index (χ4n) is 4.20. The second kappa shape index (κ2) is 8.21. The van der Waals surface area contributed by atoms with Crippen molar-refractivity contribution in [3.05, 3.63) is 84.6 Å². The SMILES string of the molecule is COc1ccc(S(=O)(=O)c2c(N)n(/N=C/c3c[nH]c4ccccc34)c3nc4ccccc4nc23)cc1. The van der Waals surface area contributed by atoms with Gasteiger partial charge in [0.2, 0.25) is 9.84 Å². The van der Waals surface area contributed by atoms with Crippen LogP contribution in [0.3, 0.4) is 0 Å². The second-order valence-electron chi connectivity index (χ2n) is 8.12. The zero-order chi connectivity index (χ0) is 24.9. The average Bonchev–Trinajstić information content (AvgIpc) is 3.43. The molecule has 0 radical (unpaired) electrons. The summed E-state index contributed by atoms with van der Waals surface area (Å²) in [5.41, 5.74) is 9.79. The van der Waals surface area contributed by atoms with E-state index >= 15 is 0 Å². The molecule has 0 saturated heterocycles. The number of nitrogens with one attached hydrogen (secondary N) is 1. The van der Waals surface area contributed by atoms with Gasteiger partial charge >= 0.3 is 0 Å². The van der Waals surface area contributed by atoms with Crippen molar-refractivity contribution in [3.63, 3.8) is 0 Å². The summed E-state index contributed by atoms with van der Waals surface area (Å²) in [7, 11) is -2.54. The maximum absolute atomic E-state index is 13.8. The van der Waals surface area contributed by atoms with Gasteiger partial charge in [0.15, 0.2) is 5.65 Å². The van der Waals surface area contributed by atoms with Crippen LogP contribution in [0.5, 0.6) is 5.75 Å². The third-order valence-corrected chi connectivity index (χ3v) is 7.83. The molecule has 10 heteroatoms. The van der Waals surface area contributed by atoms with E-state index in [1.54, 1.807) is 30.5 Å². The van der Waals surface area contributed by atoms with E-state index in [1.807, 2.05) is 42.6 Å². The Hall–Kier alpha value is -4.70. The molecule has 3 heterocycles. The van der Waals surface area contributed by atoms with Gasteiger partial charge in [-0.25, -0.2) is 18.4 Å². The Balaban J connectivity index is 1.59. The van der Waals surface area contributed by atoms with E-state index in [0.29, 0.717) is 16.8 Å². The Morgan fingerprint density at radius 2 is 1.67 bits per heavy atom. The molecular weight excluding hydrogens is 476 g/mol. The Labute approximate surface area is 205 Å². The smallest absolute Gasteiger partial charge is 0.212 e. The van der Waals surface area contributed by atoms with Gasteiger partial charge < -0.3 is 15.5 Å². The van der Waals surface area contributed by atoms with Gasteiger partial charge in [0.25, 0.3) is 0 Å². The molecule has 0 amide bonds. The number of H-pyrrole nitrogens is 1. The van der Waals surface area contributed by atoms with Gasteiger partial charge in [0, 0.05) is 22.7 Å². The Morgan fingerprint density at radius 1 is 0.972 bits per heavy atom. The number of rotatable bonds is 5. The minimum atomic E-state index is -4.06. The first-order valence-electron chi connectivity index (χ1n) is 11.0. The number of nitrogen functional groups attached to an aromatic ring is 1. The minimum Gasteiger partial charge on any atom is -0.497 e. The lowest BCUT2D eigenvalue weighted by atomic mass is 10.2. The van der Waals surface area contributed by atoms with Gasteiger partial charge in [-0.2, -0.15) is 9.78 Å². The number of methoxy groups -OCH3 is 1. The summed E-state index contributed by atoms with van der Waals surface area (Å²) in [6.07, 6.45) is 3.45. The van der Waals surface area contributed by atoms with Gasteiger partial charge in [-0.05, 0) is 42.5 Å². The summed E-state index contributed by atoms with van der Waals surface area (Å²) in [6.45, 7) is 0. The quantitative estimate of drug-likeness (QED) is 0.341. The van der Waals surface area contributed by atoms with E-state index in [4.69, 9.17) is 10.5 Å². The molecule has 0 unspecified atom stereocenters. The second-order valence-corrected chi connectivity index (χ2v) is 10.0. The molecule has 3 aromatic heterocycles. The number of ether oxygens (including phenoxy) is 1. The van der Waals surface area contributed by atoms with Gasteiger partial charge in [-0.3, -0.25) is 0 Å². The number of hydrogen-bond acceptors (Lipinski definition) is 7. The summed E-state index contributed by atoms with van der Waals surface area (Å²) in [6, 6.07) is 21.1. The summed E-state index contributed by atoms with van der Waals surface area (Å²) >= 11 is 0. The van der Waals surface area contributed by atoms with Gasteiger partial charge in [0.1, 0.15) is 22.0 Å². The molecule has 0 aliphatic heterocycles. The number of nitrogens with zero attached hydrogens (tertiary/aromatic N) is 4. The van der Waals surface area contributed by atoms with E-state index in [1.165, 1.54) is 23.9 Å². The number of anilines is 1. The molecule has 178 valence electrons. The van der Waals surface area contributed by atoms with E-state index in [9.17, 15) is 8.42 Å². The lowest BCUT2D eigenvalue weighted by Crippen LogP contribution is -2.06. The largest absolute Gasteiger partial charge is 0.497 e. The highest BCUT2D eigenvalue weighted by molar-refractivity contribution is 7.92. The number of benzene rings is 3. The van der Waals surface area contributed by atoms with Gasteiger partial charge in [0.05, 0.1) is 29.3 Å². The maximum Gasteiger partial charge on any atom is 0.212 e. The van der Waals surface area contributed by atoms with Crippen LogP contribution in [0, 0.1) is 0 Å². The van der Waals surface area contributed by atoms with Crippen LogP contribution >= 0.6 is 0 Å². The Kier molecular flexibility index (Phi) is 4.97. The normalized spacial score (nSPS) is 12.2. The third-order valence-electron chi connectivity index (χ3n) is 6.00. The molecule has 0 aliphatic carbocycles. The Bertz CT molecular complexity index is 1900. The standard InChI is InChI=1S/C26H20N6O3S/c1-35-17-10-12-18(13-11-17)36(33,34)24-23-26(31-22-9-5-4-8-21(22)30-23)32(25(24)27)29-15-16-14-28-20-7-3-2-6-19(16)20/h2-15,28H,27H2,1H3/b29-15+. The summed E-state index contributed by atoms with van der Waals surface area (Å²) < 4.78 is 34.0. The molecule has 9 nitrogen and oxygen atoms in total. The summed E-state index contributed by atoms with van der Waals surface area (Å²) in [4.78, 5) is 12.4. The highest BCUT2D eigenvalue weighted by Crippen LogP contribution is 2.35. The topological polar surface area (TPSA) is 128 Å². The average molecular weight is 497 g/mol. The molecule has 6 rings (SSSR count). The molecular formula is C26H20N6O3S. The molecule has 0 fully saturated rings. The fraction of sp³-hybridized carbons (Fsp3) is 0.0385. The molecule has 0 saturated carbocycles. The van der Waals surface area contributed by atoms with Crippen molar-refractivity contribution in [2.75, 3.05) is 12.8 Å². The first-order valence-corrected chi connectivity index (χ1v) is 12.5. The molecule has 0 aliphatic rings. The number of aromatic amines is 1. The lowest BCUT2D eigenvalue weighted by Gasteiger charge is -2.06. The van der Waals surface area contributed by atoms with Crippen LogP contribution in [0.1, 0.15) is 5.56 Å². The van der Waals surface area contributed by atoms with Gasteiger partial charge in [-0.1, -0.05) is 30.3 Å². The minimum absolute atomic E-state index is 0.0598. The number of hydrogen-bond donors (Lipinski definition) is 2. The molecule has 3 aromatic carbocycles. The van der Waals surface area contributed by atoms with E-state index < -0.39 is 9.84 Å². The first-order chi connectivity index (χ1) is 17.5. The van der Waals surface area contributed by atoms with Crippen LogP contribution < -0.4 is 10.5 Å². The zero-order valence-corrected chi connectivity index (χ0v) is 19.9. The lowest BCUT2D eigenvalue weighted by molar-refractivity contribution is 0.414. The van der Waals surface area contributed by atoms with Crippen molar-refractivity contribution < 1.29 is 13.2 Å². The highest BCUT2D eigenvalue weighted by atomic mass is 32.2. The van der Waals surface area contributed by atoms with Crippen LogP contribution in [-0.2, 0) is 9.84 Å². The predicted molar refractivity (Wildman–Crippen MR) is 139 cm³/mol. The van der Waals surface area contributed by atoms with Gasteiger partial charge in [-0.15, -0.1) is 0 Å². The zero-order valence-electron chi connectivity index (χ0n) is 19.1. The van der Waals surface area contributed by atoms with Crippen LogP contribution in [0.2, 0.25) is 0 Å². The monoisotopic (exact) mass is 496 g/mol. The molecule has 36 heavy (non-hydrogen) atoms. The van der Waals surface area contributed by atoms with Crippen molar-refractivity contribution >= 4 is 55.0 Å². The number of fused-ring (bicyclic) bond motifs is 3. The number of para-hydroxylation sites is 3. The van der Waals surface area contributed by atoms with E-state index in [-0.39, 0.29) is 26.8 Å². The van der Waals surface area contributed by atoms with Crippen molar-refractivity contribution in [1.29, 1.82) is 0 Å². The first kappa shape index (κ1) is 21.8. The van der Waals surface area contributed by atoms with Crippen LogP contribution in [0.25, 0.3) is 33.1 Å². The molecule has 0 atom stereocenters. The number of nitrogens with two attached hydrogens (primary N) is 1. The van der Waals surface area contributed by atoms with Crippen LogP contribution in [0.15, 0.2) is 93.9 Å². The number of sulfone groups is 1.